The fraction of sp³-hybridized carbons (Fsp3) is 0.600. The van der Waals surface area contributed by atoms with E-state index in [1.165, 1.54) is 5.56 Å². The minimum atomic E-state index is -0.175. The number of benzene rings is 1. The highest BCUT2D eigenvalue weighted by Crippen LogP contribution is 2.25. The zero-order valence-corrected chi connectivity index (χ0v) is 11.5. The molecule has 19 heavy (non-hydrogen) atoms. The Labute approximate surface area is 114 Å². The van der Waals surface area contributed by atoms with Gasteiger partial charge in [0.1, 0.15) is 0 Å². The van der Waals surface area contributed by atoms with Crippen LogP contribution < -0.4 is 5.73 Å². The molecule has 0 aliphatic carbocycles. The van der Waals surface area contributed by atoms with Crippen molar-refractivity contribution in [1.29, 1.82) is 0 Å². The van der Waals surface area contributed by atoms with Gasteiger partial charge in [-0.1, -0.05) is 30.3 Å². The van der Waals surface area contributed by atoms with E-state index in [0.717, 1.165) is 19.3 Å². The number of hydrogen-bond donors (Lipinski definition) is 1. The Kier molecular flexibility index (Phi) is 5.79. The van der Waals surface area contributed by atoms with Crippen LogP contribution in [0.2, 0.25) is 0 Å². The number of ether oxygens (including phenoxy) is 3. The number of nitrogens with two attached hydrogens (primary N) is 1. The number of methoxy groups -OCH3 is 1. The predicted molar refractivity (Wildman–Crippen MR) is 73.6 cm³/mol. The largest absolute Gasteiger partial charge is 0.373 e. The van der Waals surface area contributed by atoms with Gasteiger partial charge in [-0.15, -0.1) is 0 Å². The molecule has 2 rings (SSSR count). The van der Waals surface area contributed by atoms with Gasteiger partial charge in [0, 0.05) is 20.0 Å². The Bertz CT molecular complexity index is 358. The minimum absolute atomic E-state index is 0.143. The Hall–Kier alpha value is -0.940. The van der Waals surface area contributed by atoms with Crippen LogP contribution in [-0.4, -0.2) is 32.2 Å². The lowest BCUT2D eigenvalue weighted by Gasteiger charge is -2.34. The zero-order valence-electron chi connectivity index (χ0n) is 11.5. The van der Waals surface area contributed by atoms with Gasteiger partial charge in [0.2, 0.25) is 0 Å². The van der Waals surface area contributed by atoms with Crippen molar-refractivity contribution in [2.45, 2.75) is 44.4 Å². The molecule has 0 aromatic heterocycles. The maximum absolute atomic E-state index is 5.98. The first-order valence-corrected chi connectivity index (χ1v) is 6.85. The molecule has 2 N–H and O–H groups in total. The summed E-state index contributed by atoms with van der Waals surface area (Å²) in [5, 5.41) is 0. The Morgan fingerprint density at radius 1 is 1.26 bits per heavy atom. The van der Waals surface area contributed by atoms with Gasteiger partial charge >= 0.3 is 0 Å². The van der Waals surface area contributed by atoms with Crippen LogP contribution in [0, 0.1) is 0 Å². The fourth-order valence-corrected chi connectivity index (χ4v) is 2.38. The molecule has 1 saturated heterocycles. The fourth-order valence-electron chi connectivity index (χ4n) is 2.38. The third kappa shape index (κ3) is 4.58. The van der Waals surface area contributed by atoms with Crippen molar-refractivity contribution in [3.05, 3.63) is 35.9 Å². The van der Waals surface area contributed by atoms with Crippen molar-refractivity contribution < 1.29 is 14.2 Å². The highest BCUT2D eigenvalue weighted by molar-refractivity contribution is 5.13. The maximum Gasteiger partial charge on any atom is 0.160 e. The van der Waals surface area contributed by atoms with Crippen molar-refractivity contribution in [2.75, 3.05) is 13.7 Å². The van der Waals surface area contributed by atoms with Gasteiger partial charge in [-0.3, -0.25) is 0 Å². The molecule has 0 spiro atoms. The first-order chi connectivity index (χ1) is 9.31. The van der Waals surface area contributed by atoms with Gasteiger partial charge < -0.3 is 19.9 Å². The molecule has 0 saturated carbocycles. The summed E-state index contributed by atoms with van der Waals surface area (Å²) < 4.78 is 17.1. The van der Waals surface area contributed by atoms with E-state index in [1.807, 2.05) is 18.2 Å². The van der Waals surface area contributed by atoms with E-state index in [4.69, 9.17) is 19.9 Å². The van der Waals surface area contributed by atoms with Gasteiger partial charge in [-0.25, -0.2) is 0 Å². The van der Waals surface area contributed by atoms with Crippen LogP contribution in [0.25, 0.3) is 0 Å². The summed E-state index contributed by atoms with van der Waals surface area (Å²) in [6.07, 6.45) is 2.67. The normalized spacial score (nSPS) is 27.4. The monoisotopic (exact) mass is 265 g/mol. The molecule has 1 aliphatic rings. The van der Waals surface area contributed by atoms with Gasteiger partial charge in [0.05, 0.1) is 18.8 Å². The third-order valence-corrected chi connectivity index (χ3v) is 3.41. The molecule has 4 heteroatoms. The second kappa shape index (κ2) is 7.60. The number of hydrogen-bond acceptors (Lipinski definition) is 4. The summed E-state index contributed by atoms with van der Waals surface area (Å²) in [5.74, 6) is 0. The highest BCUT2D eigenvalue weighted by atomic mass is 16.7. The van der Waals surface area contributed by atoms with Crippen LogP contribution >= 0.6 is 0 Å². The van der Waals surface area contributed by atoms with E-state index in [0.29, 0.717) is 13.2 Å². The van der Waals surface area contributed by atoms with Crippen molar-refractivity contribution in [3.63, 3.8) is 0 Å². The minimum Gasteiger partial charge on any atom is -0.373 e. The van der Waals surface area contributed by atoms with Crippen LogP contribution in [0.5, 0.6) is 0 Å². The van der Waals surface area contributed by atoms with Crippen molar-refractivity contribution in [2.24, 2.45) is 5.73 Å². The lowest BCUT2D eigenvalue weighted by molar-refractivity contribution is -0.213. The van der Waals surface area contributed by atoms with Crippen LogP contribution in [-0.2, 0) is 20.8 Å². The average Bonchev–Trinajstić information content (AvgIpc) is 2.46. The molecule has 0 radical (unpaired) electrons. The van der Waals surface area contributed by atoms with Crippen LogP contribution in [0.4, 0.5) is 0 Å². The molecule has 3 atom stereocenters. The second-order valence-corrected chi connectivity index (χ2v) is 4.89. The molecule has 1 heterocycles. The van der Waals surface area contributed by atoms with Crippen molar-refractivity contribution >= 4 is 0 Å². The first kappa shape index (κ1) is 14.5. The topological polar surface area (TPSA) is 53.7 Å². The van der Waals surface area contributed by atoms with E-state index in [9.17, 15) is 0 Å². The maximum atomic E-state index is 5.98. The van der Waals surface area contributed by atoms with E-state index >= 15 is 0 Å². The Morgan fingerprint density at radius 2 is 2.05 bits per heavy atom. The quantitative estimate of drug-likeness (QED) is 0.855. The molecule has 106 valence electrons. The van der Waals surface area contributed by atoms with Crippen LogP contribution in [0.1, 0.15) is 24.8 Å². The lowest BCUT2D eigenvalue weighted by atomic mass is 10.0. The van der Waals surface area contributed by atoms with Crippen LogP contribution in [0.3, 0.4) is 0 Å². The summed E-state index contributed by atoms with van der Waals surface area (Å²) >= 11 is 0. The first-order valence-electron chi connectivity index (χ1n) is 6.85. The molecule has 0 bridgehead atoms. The van der Waals surface area contributed by atoms with E-state index < -0.39 is 0 Å². The average molecular weight is 265 g/mol. The molecule has 1 aromatic carbocycles. The molecule has 0 amide bonds. The molecule has 1 fully saturated rings. The van der Waals surface area contributed by atoms with Gasteiger partial charge in [-0.05, 0) is 18.5 Å². The third-order valence-electron chi connectivity index (χ3n) is 3.41. The van der Waals surface area contributed by atoms with E-state index in [1.54, 1.807) is 7.11 Å². The number of rotatable bonds is 6. The predicted octanol–water partition coefficient (Wildman–Crippen LogP) is 2.07. The summed E-state index contributed by atoms with van der Waals surface area (Å²) in [5.41, 5.74) is 6.79. The van der Waals surface area contributed by atoms with E-state index in [2.05, 4.69) is 12.1 Å². The highest BCUT2D eigenvalue weighted by Gasteiger charge is 2.29. The zero-order chi connectivity index (χ0) is 13.5. The summed E-state index contributed by atoms with van der Waals surface area (Å²) in [7, 11) is 1.67. The summed E-state index contributed by atoms with van der Waals surface area (Å²) in [6, 6.07) is 10.2. The molecule has 1 aromatic rings. The van der Waals surface area contributed by atoms with Gasteiger partial charge in [-0.2, -0.15) is 0 Å². The SMILES string of the molecule is COC1C[C@H](OCc2ccccc2)C[C@@H](CCN)O1. The molecule has 1 unspecified atom stereocenters. The summed E-state index contributed by atoms with van der Waals surface area (Å²) in [6.45, 7) is 1.27. The molecular formula is C15H23NO3. The standard InChI is InChI=1S/C15H23NO3/c1-17-15-10-14(9-13(19-15)7-8-16)18-11-12-5-3-2-4-6-12/h2-6,13-15H,7-11,16H2,1H3/t13-,14-,15?/m1/s1. The molecule has 1 aliphatic heterocycles. The Morgan fingerprint density at radius 3 is 2.74 bits per heavy atom. The smallest absolute Gasteiger partial charge is 0.160 e. The van der Waals surface area contributed by atoms with Crippen LogP contribution in [0.15, 0.2) is 30.3 Å². The van der Waals surface area contributed by atoms with Crippen molar-refractivity contribution in [3.8, 4) is 0 Å². The molecular weight excluding hydrogens is 242 g/mol. The summed E-state index contributed by atoms with van der Waals surface area (Å²) in [4.78, 5) is 0. The second-order valence-electron chi connectivity index (χ2n) is 4.89. The Balaban J connectivity index is 1.84. The van der Waals surface area contributed by atoms with E-state index in [-0.39, 0.29) is 18.5 Å². The van der Waals surface area contributed by atoms with Crippen molar-refractivity contribution in [1.82, 2.24) is 0 Å². The van der Waals surface area contributed by atoms with Gasteiger partial charge in [0.25, 0.3) is 0 Å². The lowest BCUT2D eigenvalue weighted by Crippen LogP contribution is -2.38. The molecule has 4 nitrogen and oxygen atoms in total. The van der Waals surface area contributed by atoms with Gasteiger partial charge in [0.15, 0.2) is 6.29 Å².